The smallest absolute Gasteiger partial charge is 0.224 e. The second kappa shape index (κ2) is 7.31. The number of nitrogens with zero attached hydrogens (tertiary/aromatic N) is 2. The number of hydrogen-bond acceptors (Lipinski definition) is 5. The van der Waals surface area contributed by atoms with E-state index >= 15 is 0 Å². The van der Waals surface area contributed by atoms with Gasteiger partial charge in [0.25, 0.3) is 0 Å². The van der Waals surface area contributed by atoms with Crippen LogP contribution in [0.4, 0.5) is 17.5 Å². The number of ether oxygens (including phenoxy) is 1. The Morgan fingerprint density at radius 3 is 2.64 bits per heavy atom. The first-order valence-electron chi connectivity index (χ1n) is 7.24. The van der Waals surface area contributed by atoms with E-state index in [1.54, 1.807) is 13.2 Å². The summed E-state index contributed by atoms with van der Waals surface area (Å²) in [5.41, 5.74) is 2.68. The van der Waals surface area contributed by atoms with Crippen molar-refractivity contribution in [1.82, 2.24) is 9.97 Å². The molecule has 0 unspecified atom stereocenters. The van der Waals surface area contributed by atoms with Gasteiger partial charge in [-0.2, -0.15) is 4.98 Å². The quantitative estimate of drug-likeness (QED) is 0.830. The molecule has 0 aliphatic heterocycles. The average Bonchev–Trinajstić information content (AvgIpc) is 2.48. The minimum absolute atomic E-state index is 0.619. The van der Waals surface area contributed by atoms with E-state index in [9.17, 15) is 0 Å². The number of hydrogen-bond donors (Lipinski definition) is 2. The summed E-state index contributed by atoms with van der Waals surface area (Å²) in [4.78, 5) is 8.84. The van der Waals surface area contributed by atoms with Crippen molar-refractivity contribution in [3.8, 4) is 5.75 Å². The van der Waals surface area contributed by atoms with Crippen LogP contribution in [-0.2, 0) is 0 Å². The number of anilines is 3. The largest absolute Gasteiger partial charge is 0.495 e. The highest BCUT2D eigenvalue weighted by molar-refractivity contribution is 6.31. The van der Waals surface area contributed by atoms with E-state index in [2.05, 4.69) is 27.5 Å². The number of rotatable bonds is 6. The van der Waals surface area contributed by atoms with Gasteiger partial charge in [0.05, 0.1) is 12.8 Å². The number of nitrogens with one attached hydrogen (secondary N) is 2. The van der Waals surface area contributed by atoms with E-state index in [1.165, 1.54) is 0 Å². The molecule has 6 heteroatoms. The molecule has 0 saturated heterocycles. The average molecular weight is 321 g/mol. The second-order valence-electron chi connectivity index (χ2n) is 5.07. The molecular weight excluding hydrogens is 300 g/mol. The fourth-order valence-corrected chi connectivity index (χ4v) is 2.17. The van der Waals surface area contributed by atoms with Crippen LogP contribution in [0, 0.1) is 13.8 Å². The summed E-state index contributed by atoms with van der Waals surface area (Å²) in [5.74, 6) is 2.01. The molecule has 2 aromatic rings. The molecule has 0 aliphatic rings. The number of aryl methyl sites for hydroxylation is 2. The first kappa shape index (κ1) is 16.4. The minimum Gasteiger partial charge on any atom is -0.495 e. The summed E-state index contributed by atoms with van der Waals surface area (Å²) in [6, 6.07) is 5.63. The third-order valence-electron chi connectivity index (χ3n) is 3.13. The number of halogens is 1. The third-order valence-corrected chi connectivity index (χ3v) is 3.54. The van der Waals surface area contributed by atoms with Gasteiger partial charge < -0.3 is 15.4 Å². The highest BCUT2D eigenvalue weighted by Crippen LogP contribution is 2.32. The molecular formula is C16H21ClN4O. The Kier molecular flexibility index (Phi) is 5.44. The van der Waals surface area contributed by atoms with Crippen molar-refractivity contribution in [3.05, 3.63) is 34.5 Å². The number of benzene rings is 1. The zero-order valence-electron chi connectivity index (χ0n) is 13.3. The molecule has 0 amide bonds. The topological polar surface area (TPSA) is 59.1 Å². The molecule has 0 bridgehead atoms. The van der Waals surface area contributed by atoms with Crippen LogP contribution in [0.2, 0.25) is 5.02 Å². The van der Waals surface area contributed by atoms with Crippen molar-refractivity contribution in [2.75, 3.05) is 24.3 Å². The van der Waals surface area contributed by atoms with Crippen molar-refractivity contribution in [2.45, 2.75) is 27.2 Å². The standard InChI is InChI=1S/C16H21ClN4O/c1-5-6-18-16-19-11(3)8-15(21-16)20-13-7-10(2)12(17)9-14(13)22-4/h7-9H,5-6H2,1-4H3,(H2,18,19,20,21). The van der Waals surface area contributed by atoms with Gasteiger partial charge in [0.15, 0.2) is 0 Å². The van der Waals surface area contributed by atoms with Crippen LogP contribution in [0.25, 0.3) is 0 Å². The van der Waals surface area contributed by atoms with E-state index in [4.69, 9.17) is 16.3 Å². The summed E-state index contributed by atoms with van der Waals surface area (Å²) in [7, 11) is 1.62. The normalized spacial score (nSPS) is 10.4. The van der Waals surface area contributed by atoms with Gasteiger partial charge in [0.2, 0.25) is 5.95 Å². The van der Waals surface area contributed by atoms with Crippen LogP contribution in [0.3, 0.4) is 0 Å². The van der Waals surface area contributed by atoms with Crippen molar-refractivity contribution >= 4 is 29.1 Å². The lowest BCUT2D eigenvalue weighted by Crippen LogP contribution is -2.07. The lowest BCUT2D eigenvalue weighted by molar-refractivity contribution is 0.416. The predicted octanol–water partition coefficient (Wildman–Crippen LogP) is 4.32. The maximum Gasteiger partial charge on any atom is 0.224 e. The Bertz CT molecular complexity index is 661. The van der Waals surface area contributed by atoms with Gasteiger partial charge in [0, 0.05) is 29.4 Å². The SMILES string of the molecule is CCCNc1nc(C)cc(Nc2cc(C)c(Cl)cc2OC)n1. The first-order chi connectivity index (χ1) is 10.5. The molecule has 0 fully saturated rings. The maximum atomic E-state index is 6.13. The lowest BCUT2D eigenvalue weighted by Gasteiger charge is -2.14. The molecule has 5 nitrogen and oxygen atoms in total. The Morgan fingerprint density at radius 2 is 1.95 bits per heavy atom. The van der Waals surface area contributed by atoms with E-state index in [1.807, 2.05) is 26.0 Å². The Balaban J connectivity index is 2.30. The first-order valence-corrected chi connectivity index (χ1v) is 7.62. The monoisotopic (exact) mass is 320 g/mol. The third kappa shape index (κ3) is 4.01. The van der Waals surface area contributed by atoms with Gasteiger partial charge in [-0.05, 0) is 31.9 Å². The Hall–Kier alpha value is -2.01. The van der Waals surface area contributed by atoms with Gasteiger partial charge in [-0.3, -0.25) is 0 Å². The van der Waals surface area contributed by atoms with Gasteiger partial charge in [-0.1, -0.05) is 18.5 Å². The van der Waals surface area contributed by atoms with Crippen LogP contribution in [0.15, 0.2) is 18.2 Å². The van der Waals surface area contributed by atoms with Crippen LogP contribution < -0.4 is 15.4 Å². The van der Waals surface area contributed by atoms with Gasteiger partial charge in [0.1, 0.15) is 11.6 Å². The molecule has 2 rings (SSSR count). The van der Waals surface area contributed by atoms with Gasteiger partial charge in [-0.25, -0.2) is 4.98 Å². The summed E-state index contributed by atoms with van der Waals surface area (Å²) in [6.45, 7) is 6.83. The molecule has 1 aromatic carbocycles. The molecule has 0 aliphatic carbocycles. The summed E-state index contributed by atoms with van der Waals surface area (Å²) in [5, 5.41) is 7.14. The lowest BCUT2D eigenvalue weighted by atomic mass is 10.2. The summed E-state index contributed by atoms with van der Waals surface area (Å²) in [6.07, 6.45) is 1.02. The van der Waals surface area contributed by atoms with E-state index in [-0.39, 0.29) is 0 Å². The zero-order valence-corrected chi connectivity index (χ0v) is 14.1. The van der Waals surface area contributed by atoms with Gasteiger partial charge in [-0.15, -0.1) is 0 Å². The molecule has 0 saturated carbocycles. The number of methoxy groups -OCH3 is 1. The number of aromatic nitrogens is 2. The fourth-order valence-electron chi connectivity index (χ4n) is 2.02. The van der Waals surface area contributed by atoms with Crippen molar-refractivity contribution in [1.29, 1.82) is 0 Å². The van der Waals surface area contributed by atoms with Crippen molar-refractivity contribution in [3.63, 3.8) is 0 Å². The van der Waals surface area contributed by atoms with Gasteiger partial charge >= 0.3 is 0 Å². The summed E-state index contributed by atoms with van der Waals surface area (Å²) >= 11 is 6.13. The van der Waals surface area contributed by atoms with Crippen molar-refractivity contribution < 1.29 is 4.74 Å². The molecule has 2 N–H and O–H groups in total. The van der Waals surface area contributed by atoms with Crippen LogP contribution >= 0.6 is 11.6 Å². The molecule has 1 heterocycles. The molecule has 1 aromatic heterocycles. The van der Waals surface area contributed by atoms with E-state index < -0.39 is 0 Å². The Labute approximate surface area is 136 Å². The second-order valence-corrected chi connectivity index (χ2v) is 5.48. The molecule has 0 radical (unpaired) electrons. The van der Waals surface area contributed by atoms with Crippen LogP contribution in [0.1, 0.15) is 24.6 Å². The Morgan fingerprint density at radius 1 is 1.18 bits per heavy atom. The van der Waals surface area contributed by atoms with Crippen LogP contribution in [-0.4, -0.2) is 23.6 Å². The zero-order chi connectivity index (χ0) is 16.1. The molecule has 118 valence electrons. The maximum absolute atomic E-state index is 6.13. The van der Waals surface area contributed by atoms with Crippen LogP contribution in [0.5, 0.6) is 5.75 Å². The van der Waals surface area contributed by atoms with E-state index in [0.29, 0.717) is 22.5 Å². The minimum atomic E-state index is 0.619. The fraction of sp³-hybridized carbons (Fsp3) is 0.375. The highest BCUT2D eigenvalue weighted by atomic mass is 35.5. The van der Waals surface area contributed by atoms with Crippen molar-refractivity contribution in [2.24, 2.45) is 0 Å². The van der Waals surface area contributed by atoms with E-state index in [0.717, 1.165) is 29.9 Å². The molecule has 0 spiro atoms. The highest BCUT2D eigenvalue weighted by Gasteiger charge is 2.09. The molecule has 0 atom stereocenters. The molecule has 22 heavy (non-hydrogen) atoms. The predicted molar refractivity (Wildman–Crippen MR) is 91.6 cm³/mol. The summed E-state index contributed by atoms with van der Waals surface area (Å²) < 4.78 is 5.37.